The van der Waals surface area contributed by atoms with Gasteiger partial charge in [0.2, 0.25) is 0 Å². The van der Waals surface area contributed by atoms with Crippen LogP contribution in [0.2, 0.25) is 0 Å². The molecule has 0 aliphatic carbocycles. The Morgan fingerprint density at radius 1 is 1.00 bits per heavy atom. The molecule has 3 aromatic rings. The van der Waals surface area contributed by atoms with Crippen molar-refractivity contribution in [2.24, 2.45) is 0 Å². The third-order valence-corrected chi connectivity index (χ3v) is 7.36. The highest BCUT2D eigenvalue weighted by Gasteiger charge is 2.23. The number of carbonyl (C=O) groups is 1. The molecule has 3 rings (SSSR count). The minimum Gasteiger partial charge on any atom is -0.483 e. The van der Waals surface area contributed by atoms with Gasteiger partial charge in [-0.2, -0.15) is 0 Å². The highest BCUT2D eigenvalue weighted by Crippen LogP contribution is 2.27. The molecule has 0 aliphatic heterocycles. The van der Waals surface area contributed by atoms with E-state index in [2.05, 4.69) is 28.2 Å². The number of hydrogen-bond donors (Lipinski definition) is 1. The predicted molar refractivity (Wildman–Crippen MR) is 131 cm³/mol. The molecule has 0 fully saturated rings. The fourth-order valence-corrected chi connectivity index (χ4v) is 5.16. The van der Waals surface area contributed by atoms with Gasteiger partial charge in [-0.3, -0.25) is 9.10 Å². The Hall–Kier alpha value is -2.84. The standard InChI is InChI=1S/C24H25BrN2O4S/c1-3-18-10-15-23(22(25)16-18)31-17-24(28)26-19-11-13-21(14-12-19)32(29,30)27(4-2)20-8-6-5-7-9-20/h5-16H,3-4,17H2,1-2H3,(H,26,28). The molecule has 6 nitrogen and oxygen atoms in total. The molecule has 0 spiro atoms. The van der Waals surface area contributed by atoms with Gasteiger partial charge in [-0.1, -0.05) is 31.2 Å². The fourth-order valence-electron chi connectivity index (χ4n) is 3.14. The predicted octanol–water partition coefficient (Wildman–Crippen LogP) is 5.24. The summed E-state index contributed by atoms with van der Waals surface area (Å²) in [7, 11) is -3.72. The number of anilines is 2. The second-order valence-electron chi connectivity index (χ2n) is 6.98. The average molecular weight is 517 g/mol. The van der Waals surface area contributed by atoms with Crippen LogP contribution in [0.1, 0.15) is 19.4 Å². The smallest absolute Gasteiger partial charge is 0.264 e. The first-order chi connectivity index (χ1) is 15.3. The summed E-state index contributed by atoms with van der Waals surface area (Å²) in [5.41, 5.74) is 2.25. The first-order valence-electron chi connectivity index (χ1n) is 10.2. The van der Waals surface area contributed by atoms with Crippen LogP contribution in [-0.4, -0.2) is 27.5 Å². The van der Waals surface area contributed by atoms with Gasteiger partial charge in [-0.05, 0) is 83.4 Å². The van der Waals surface area contributed by atoms with Crippen LogP contribution in [0.3, 0.4) is 0 Å². The monoisotopic (exact) mass is 516 g/mol. The summed E-state index contributed by atoms with van der Waals surface area (Å²) in [6.45, 7) is 3.99. The Labute approximate surface area is 197 Å². The van der Waals surface area contributed by atoms with Crippen molar-refractivity contribution in [2.75, 3.05) is 22.8 Å². The van der Waals surface area contributed by atoms with E-state index < -0.39 is 10.0 Å². The number of aryl methyl sites for hydroxylation is 1. The third-order valence-electron chi connectivity index (χ3n) is 4.82. The van der Waals surface area contributed by atoms with E-state index in [1.54, 1.807) is 43.3 Å². The van der Waals surface area contributed by atoms with Crippen LogP contribution in [0.25, 0.3) is 0 Å². The molecule has 0 aliphatic rings. The van der Waals surface area contributed by atoms with Gasteiger partial charge >= 0.3 is 0 Å². The molecule has 0 saturated heterocycles. The quantitative estimate of drug-likeness (QED) is 0.421. The maximum Gasteiger partial charge on any atom is 0.264 e. The molecule has 32 heavy (non-hydrogen) atoms. The van der Waals surface area contributed by atoms with Crippen LogP contribution in [0, 0.1) is 0 Å². The lowest BCUT2D eigenvalue weighted by Gasteiger charge is -2.23. The molecule has 1 N–H and O–H groups in total. The normalized spacial score (nSPS) is 11.1. The Balaban J connectivity index is 1.64. The average Bonchev–Trinajstić information content (AvgIpc) is 2.79. The van der Waals surface area contributed by atoms with Crippen molar-refractivity contribution in [1.29, 1.82) is 0 Å². The largest absolute Gasteiger partial charge is 0.483 e. The number of amides is 1. The Morgan fingerprint density at radius 2 is 1.69 bits per heavy atom. The number of rotatable bonds is 9. The summed E-state index contributed by atoms with van der Waals surface area (Å²) in [6.07, 6.45) is 0.909. The SMILES string of the molecule is CCc1ccc(OCC(=O)Nc2ccc(S(=O)(=O)N(CC)c3ccccc3)cc2)c(Br)c1. The van der Waals surface area contributed by atoms with Gasteiger partial charge in [0.05, 0.1) is 15.1 Å². The Kier molecular flexibility index (Phi) is 7.93. The number of nitrogens with zero attached hydrogens (tertiary/aromatic N) is 1. The summed E-state index contributed by atoms with van der Waals surface area (Å²) in [5.74, 6) is 0.242. The van der Waals surface area contributed by atoms with Gasteiger partial charge in [-0.25, -0.2) is 8.42 Å². The number of nitrogens with one attached hydrogen (secondary N) is 1. The Morgan fingerprint density at radius 3 is 2.28 bits per heavy atom. The van der Waals surface area contributed by atoms with E-state index in [1.807, 2.05) is 24.3 Å². The number of hydrogen-bond acceptors (Lipinski definition) is 4. The fraction of sp³-hybridized carbons (Fsp3) is 0.208. The lowest BCUT2D eigenvalue weighted by molar-refractivity contribution is -0.118. The molecule has 0 aromatic heterocycles. The summed E-state index contributed by atoms with van der Waals surface area (Å²) in [4.78, 5) is 12.4. The van der Waals surface area contributed by atoms with Gasteiger partial charge in [0.25, 0.3) is 15.9 Å². The van der Waals surface area contributed by atoms with Crippen molar-refractivity contribution in [3.05, 3.63) is 82.8 Å². The number of benzene rings is 3. The molecule has 1 amide bonds. The molecular formula is C24H25BrN2O4S. The molecule has 0 heterocycles. The van der Waals surface area contributed by atoms with E-state index in [9.17, 15) is 13.2 Å². The van der Waals surface area contributed by atoms with Crippen molar-refractivity contribution in [1.82, 2.24) is 0 Å². The highest BCUT2D eigenvalue weighted by molar-refractivity contribution is 9.10. The zero-order valence-electron chi connectivity index (χ0n) is 17.9. The minimum atomic E-state index is -3.72. The second-order valence-corrected chi connectivity index (χ2v) is 9.70. The lowest BCUT2D eigenvalue weighted by Crippen LogP contribution is -2.30. The third kappa shape index (κ3) is 5.69. The number of ether oxygens (including phenoxy) is 1. The summed E-state index contributed by atoms with van der Waals surface area (Å²) >= 11 is 3.45. The molecule has 0 radical (unpaired) electrons. The van der Waals surface area contributed by atoms with Gasteiger partial charge in [0, 0.05) is 12.2 Å². The van der Waals surface area contributed by atoms with Crippen LogP contribution in [0.15, 0.2) is 82.2 Å². The molecular weight excluding hydrogens is 492 g/mol. The van der Waals surface area contributed by atoms with E-state index in [1.165, 1.54) is 16.4 Å². The molecule has 0 saturated carbocycles. The number of halogens is 1. The van der Waals surface area contributed by atoms with E-state index in [4.69, 9.17) is 4.74 Å². The maximum atomic E-state index is 13.0. The molecule has 0 atom stereocenters. The van der Waals surface area contributed by atoms with E-state index in [0.717, 1.165) is 16.5 Å². The van der Waals surface area contributed by atoms with Crippen LogP contribution in [0.4, 0.5) is 11.4 Å². The summed E-state index contributed by atoms with van der Waals surface area (Å²) < 4.78 is 33.8. The topological polar surface area (TPSA) is 75.7 Å². The van der Waals surface area contributed by atoms with Crippen molar-refractivity contribution >= 4 is 43.2 Å². The summed E-state index contributed by atoms with van der Waals surface area (Å²) in [5, 5.41) is 2.72. The van der Waals surface area contributed by atoms with Gasteiger partial charge in [0.15, 0.2) is 6.61 Å². The van der Waals surface area contributed by atoms with Gasteiger partial charge in [0.1, 0.15) is 5.75 Å². The molecule has 0 bridgehead atoms. The number of sulfonamides is 1. The first kappa shape index (κ1) is 23.8. The zero-order chi connectivity index (χ0) is 23.1. The van der Waals surface area contributed by atoms with Crippen molar-refractivity contribution in [3.63, 3.8) is 0 Å². The minimum absolute atomic E-state index is 0.150. The van der Waals surface area contributed by atoms with Crippen LogP contribution in [0.5, 0.6) is 5.75 Å². The number of carbonyl (C=O) groups excluding carboxylic acids is 1. The van der Waals surface area contributed by atoms with Crippen molar-refractivity contribution in [3.8, 4) is 5.75 Å². The van der Waals surface area contributed by atoms with Gasteiger partial charge in [-0.15, -0.1) is 0 Å². The van der Waals surface area contributed by atoms with Crippen molar-refractivity contribution < 1.29 is 17.9 Å². The molecule has 0 unspecified atom stereocenters. The van der Waals surface area contributed by atoms with E-state index >= 15 is 0 Å². The lowest BCUT2D eigenvalue weighted by atomic mass is 10.2. The maximum absolute atomic E-state index is 13.0. The van der Waals surface area contributed by atoms with Crippen LogP contribution < -0.4 is 14.4 Å². The molecule has 8 heteroatoms. The molecule has 3 aromatic carbocycles. The van der Waals surface area contributed by atoms with Crippen molar-refractivity contribution in [2.45, 2.75) is 25.2 Å². The molecule has 168 valence electrons. The van der Waals surface area contributed by atoms with Crippen LogP contribution in [-0.2, 0) is 21.2 Å². The first-order valence-corrected chi connectivity index (χ1v) is 12.5. The highest BCUT2D eigenvalue weighted by atomic mass is 79.9. The summed E-state index contributed by atoms with van der Waals surface area (Å²) in [6, 6.07) is 20.8. The van der Waals surface area contributed by atoms with E-state index in [-0.39, 0.29) is 17.4 Å². The zero-order valence-corrected chi connectivity index (χ0v) is 20.3. The van der Waals surface area contributed by atoms with Crippen LogP contribution >= 0.6 is 15.9 Å². The second kappa shape index (κ2) is 10.7. The van der Waals surface area contributed by atoms with Gasteiger partial charge < -0.3 is 10.1 Å². The van der Waals surface area contributed by atoms with E-state index in [0.29, 0.717) is 23.7 Å². The number of para-hydroxylation sites is 1. The Bertz CT molecular complexity index is 1170.